The van der Waals surface area contributed by atoms with Crippen LogP contribution in [-0.2, 0) is 9.59 Å². The van der Waals surface area contributed by atoms with Crippen LogP contribution < -0.4 is 5.32 Å². The molecule has 0 aromatic carbocycles. The number of amides is 1. The van der Waals surface area contributed by atoms with E-state index in [2.05, 4.69) is 5.32 Å². The maximum Gasteiger partial charge on any atom is 0.328 e. The molecule has 1 rings (SSSR count). The number of alkyl halides is 1. The van der Waals surface area contributed by atoms with Crippen molar-refractivity contribution in [2.75, 3.05) is 6.67 Å². The molecule has 0 saturated heterocycles. The summed E-state index contributed by atoms with van der Waals surface area (Å²) in [4.78, 5) is 21.8. The average Bonchev–Trinajstić information content (AvgIpc) is 2.70. The van der Waals surface area contributed by atoms with E-state index < -0.39 is 18.7 Å². The van der Waals surface area contributed by atoms with Crippen molar-refractivity contribution >= 4 is 11.9 Å². The van der Waals surface area contributed by atoms with Gasteiger partial charge in [0.1, 0.15) is 6.67 Å². The monoisotopic (exact) mass is 203 g/mol. The molecule has 5 heteroatoms. The van der Waals surface area contributed by atoms with E-state index in [1.807, 2.05) is 13.8 Å². The van der Waals surface area contributed by atoms with Gasteiger partial charge in [0.15, 0.2) is 6.04 Å². The van der Waals surface area contributed by atoms with Crippen molar-refractivity contribution in [2.24, 2.45) is 11.3 Å². The molecule has 0 radical (unpaired) electrons. The highest BCUT2D eigenvalue weighted by Crippen LogP contribution is 2.51. The zero-order valence-corrected chi connectivity index (χ0v) is 8.21. The molecule has 1 fully saturated rings. The lowest BCUT2D eigenvalue weighted by Gasteiger charge is -2.11. The van der Waals surface area contributed by atoms with E-state index in [9.17, 15) is 14.0 Å². The van der Waals surface area contributed by atoms with Crippen LogP contribution in [0.2, 0.25) is 0 Å². The number of carboxylic acid groups (broad SMARTS) is 1. The van der Waals surface area contributed by atoms with Crippen LogP contribution in [0.1, 0.15) is 20.3 Å². The fourth-order valence-corrected chi connectivity index (χ4v) is 1.35. The number of carboxylic acids is 1. The minimum Gasteiger partial charge on any atom is -0.480 e. The van der Waals surface area contributed by atoms with Gasteiger partial charge in [-0.15, -0.1) is 0 Å². The highest BCUT2D eigenvalue weighted by atomic mass is 19.1. The molecule has 4 nitrogen and oxygen atoms in total. The maximum absolute atomic E-state index is 12.1. The average molecular weight is 203 g/mol. The second kappa shape index (κ2) is 3.55. The summed E-state index contributed by atoms with van der Waals surface area (Å²) in [6, 6.07) is -1.40. The van der Waals surface area contributed by atoms with E-state index in [-0.39, 0.29) is 17.2 Å². The summed E-state index contributed by atoms with van der Waals surface area (Å²) in [6.07, 6.45) is 0.734. The molecule has 80 valence electrons. The molecule has 1 aliphatic carbocycles. The molecule has 2 unspecified atom stereocenters. The molecule has 14 heavy (non-hydrogen) atoms. The van der Waals surface area contributed by atoms with Gasteiger partial charge < -0.3 is 10.4 Å². The Balaban J connectivity index is 2.45. The molecule has 1 saturated carbocycles. The predicted octanol–water partition coefficient (Wildman–Crippen LogP) is 0.571. The Morgan fingerprint density at radius 1 is 1.64 bits per heavy atom. The van der Waals surface area contributed by atoms with Crippen molar-refractivity contribution < 1.29 is 19.1 Å². The first kappa shape index (κ1) is 10.9. The number of hydrogen-bond donors (Lipinski definition) is 2. The van der Waals surface area contributed by atoms with E-state index >= 15 is 0 Å². The minimum absolute atomic E-state index is 0.0660. The molecule has 2 atom stereocenters. The molecule has 2 N–H and O–H groups in total. The van der Waals surface area contributed by atoms with Crippen LogP contribution in [0.3, 0.4) is 0 Å². The quantitative estimate of drug-likeness (QED) is 0.702. The van der Waals surface area contributed by atoms with Gasteiger partial charge in [-0.2, -0.15) is 0 Å². The lowest BCUT2D eigenvalue weighted by Crippen LogP contribution is -2.43. The zero-order valence-electron chi connectivity index (χ0n) is 8.21. The van der Waals surface area contributed by atoms with Crippen molar-refractivity contribution in [1.82, 2.24) is 5.32 Å². The van der Waals surface area contributed by atoms with Crippen LogP contribution in [-0.4, -0.2) is 29.7 Å². The number of aliphatic carboxylic acids is 1. The Bertz CT molecular complexity index is 265. The minimum atomic E-state index is -1.40. The summed E-state index contributed by atoms with van der Waals surface area (Å²) in [5, 5.41) is 10.7. The zero-order chi connectivity index (χ0) is 10.9. The van der Waals surface area contributed by atoms with E-state index in [0.717, 1.165) is 6.42 Å². The van der Waals surface area contributed by atoms with Crippen molar-refractivity contribution in [1.29, 1.82) is 0 Å². The molecule has 0 bridgehead atoms. The van der Waals surface area contributed by atoms with Gasteiger partial charge in [0.05, 0.1) is 0 Å². The molecule has 0 aromatic rings. The van der Waals surface area contributed by atoms with Crippen LogP contribution in [0.25, 0.3) is 0 Å². The topological polar surface area (TPSA) is 66.4 Å². The molecule has 0 spiro atoms. The summed E-state index contributed by atoms with van der Waals surface area (Å²) < 4.78 is 12.1. The van der Waals surface area contributed by atoms with Crippen molar-refractivity contribution in [3.05, 3.63) is 0 Å². The number of rotatable bonds is 4. The standard InChI is InChI=1S/C9H14FNO3/c1-9(2)3-5(9)7(12)11-6(4-10)8(13)14/h5-6H,3-4H2,1-2H3,(H,11,12)(H,13,14). The summed E-state index contributed by atoms with van der Waals surface area (Å²) in [5.41, 5.74) is -0.0660. The summed E-state index contributed by atoms with van der Waals surface area (Å²) >= 11 is 0. The predicted molar refractivity (Wildman–Crippen MR) is 47.4 cm³/mol. The normalized spacial score (nSPS) is 25.2. The van der Waals surface area contributed by atoms with Gasteiger partial charge in [0.2, 0.25) is 5.91 Å². The Morgan fingerprint density at radius 3 is 2.43 bits per heavy atom. The smallest absolute Gasteiger partial charge is 0.328 e. The number of halogens is 1. The van der Waals surface area contributed by atoms with Gasteiger partial charge in [-0.3, -0.25) is 4.79 Å². The van der Waals surface area contributed by atoms with Crippen LogP contribution in [0.4, 0.5) is 4.39 Å². The molecule has 0 aliphatic heterocycles. The van der Waals surface area contributed by atoms with Crippen LogP contribution in [0.5, 0.6) is 0 Å². The molecule has 0 aromatic heterocycles. The Kier molecular flexibility index (Phi) is 2.78. The van der Waals surface area contributed by atoms with Gasteiger partial charge in [-0.25, -0.2) is 9.18 Å². The van der Waals surface area contributed by atoms with Gasteiger partial charge in [0.25, 0.3) is 0 Å². The molecule has 1 amide bonds. The number of carbonyl (C=O) groups excluding carboxylic acids is 1. The molecule has 0 heterocycles. The van der Waals surface area contributed by atoms with E-state index in [4.69, 9.17) is 5.11 Å². The van der Waals surface area contributed by atoms with Crippen molar-refractivity contribution in [2.45, 2.75) is 26.3 Å². The van der Waals surface area contributed by atoms with Gasteiger partial charge in [-0.05, 0) is 11.8 Å². The summed E-state index contributed by atoms with van der Waals surface area (Å²) in [6.45, 7) is 2.76. The van der Waals surface area contributed by atoms with Gasteiger partial charge in [0, 0.05) is 5.92 Å². The first-order valence-corrected chi connectivity index (χ1v) is 4.47. The van der Waals surface area contributed by atoms with Gasteiger partial charge in [-0.1, -0.05) is 13.8 Å². The Morgan fingerprint density at radius 2 is 2.14 bits per heavy atom. The number of nitrogens with one attached hydrogen (secondary N) is 1. The lowest BCUT2D eigenvalue weighted by molar-refractivity contribution is -0.142. The molecule has 1 aliphatic rings. The maximum atomic E-state index is 12.1. The van der Waals surface area contributed by atoms with Crippen molar-refractivity contribution in [3.63, 3.8) is 0 Å². The third-order valence-corrected chi connectivity index (χ3v) is 2.60. The first-order valence-electron chi connectivity index (χ1n) is 4.47. The highest BCUT2D eigenvalue weighted by molar-refractivity contribution is 5.87. The number of hydrogen-bond acceptors (Lipinski definition) is 2. The van der Waals surface area contributed by atoms with Gasteiger partial charge >= 0.3 is 5.97 Å². The Hall–Kier alpha value is -1.13. The van der Waals surface area contributed by atoms with E-state index in [1.54, 1.807) is 0 Å². The first-order chi connectivity index (χ1) is 6.38. The summed E-state index contributed by atoms with van der Waals surface area (Å²) in [7, 11) is 0. The fraction of sp³-hybridized carbons (Fsp3) is 0.778. The third-order valence-electron chi connectivity index (χ3n) is 2.60. The third kappa shape index (κ3) is 2.21. The van der Waals surface area contributed by atoms with Crippen molar-refractivity contribution in [3.8, 4) is 0 Å². The SMILES string of the molecule is CC1(C)CC1C(=O)NC(CF)C(=O)O. The Labute approximate surface area is 81.5 Å². The second-order valence-electron chi connectivity index (χ2n) is 4.30. The lowest BCUT2D eigenvalue weighted by atomic mass is 10.1. The number of carbonyl (C=O) groups is 2. The largest absolute Gasteiger partial charge is 0.480 e. The summed E-state index contributed by atoms with van der Waals surface area (Å²) in [5.74, 6) is -1.87. The highest BCUT2D eigenvalue weighted by Gasteiger charge is 2.51. The second-order valence-corrected chi connectivity index (χ2v) is 4.30. The van der Waals surface area contributed by atoms with E-state index in [1.165, 1.54) is 0 Å². The van der Waals surface area contributed by atoms with E-state index in [0.29, 0.717) is 0 Å². The fourth-order valence-electron chi connectivity index (χ4n) is 1.35. The van der Waals surface area contributed by atoms with Crippen LogP contribution in [0.15, 0.2) is 0 Å². The molecular weight excluding hydrogens is 189 g/mol. The van der Waals surface area contributed by atoms with Crippen LogP contribution in [0, 0.1) is 11.3 Å². The molecular formula is C9H14FNO3. The van der Waals surface area contributed by atoms with Crippen LogP contribution >= 0.6 is 0 Å².